The van der Waals surface area contributed by atoms with Crippen LogP contribution in [0.5, 0.6) is 0 Å². The Kier molecular flexibility index (Phi) is 4.70. The SMILES string of the molecule is Clc1ccc(Br)c(CNc2cccc(I)c2)c1. The maximum atomic E-state index is 5.97. The van der Waals surface area contributed by atoms with Gasteiger partial charge in [-0.3, -0.25) is 0 Å². The number of nitrogens with one attached hydrogen (secondary N) is 1. The van der Waals surface area contributed by atoms with Gasteiger partial charge in [0.05, 0.1) is 0 Å². The molecule has 0 aliphatic heterocycles. The first kappa shape index (κ1) is 13.2. The van der Waals surface area contributed by atoms with Gasteiger partial charge in [0.25, 0.3) is 0 Å². The third-order valence-electron chi connectivity index (χ3n) is 2.32. The van der Waals surface area contributed by atoms with E-state index < -0.39 is 0 Å². The summed E-state index contributed by atoms with van der Waals surface area (Å²) in [5.74, 6) is 0. The Labute approximate surface area is 128 Å². The van der Waals surface area contributed by atoms with Gasteiger partial charge >= 0.3 is 0 Å². The monoisotopic (exact) mass is 421 g/mol. The molecule has 0 spiro atoms. The van der Waals surface area contributed by atoms with Crippen molar-refractivity contribution in [2.75, 3.05) is 5.32 Å². The molecule has 2 rings (SSSR count). The van der Waals surface area contributed by atoms with Crippen LogP contribution in [0, 0.1) is 3.57 Å². The summed E-state index contributed by atoms with van der Waals surface area (Å²) in [5.41, 5.74) is 2.26. The molecule has 0 heterocycles. The van der Waals surface area contributed by atoms with Gasteiger partial charge in [-0.05, 0) is 64.6 Å². The number of benzene rings is 2. The molecule has 0 unspecified atom stereocenters. The van der Waals surface area contributed by atoms with Crippen LogP contribution in [0.3, 0.4) is 0 Å². The smallest absolute Gasteiger partial charge is 0.0412 e. The zero-order chi connectivity index (χ0) is 12.3. The van der Waals surface area contributed by atoms with Gasteiger partial charge in [-0.1, -0.05) is 33.6 Å². The van der Waals surface area contributed by atoms with E-state index in [0.29, 0.717) is 0 Å². The Morgan fingerprint density at radius 3 is 2.76 bits per heavy atom. The van der Waals surface area contributed by atoms with Gasteiger partial charge in [0, 0.05) is 25.3 Å². The Hall–Kier alpha value is -0.260. The lowest BCUT2D eigenvalue weighted by Gasteiger charge is -2.09. The highest BCUT2D eigenvalue weighted by Crippen LogP contribution is 2.22. The molecule has 1 N–H and O–H groups in total. The minimum absolute atomic E-state index is 0.751. The van der Waals surface area contributed by atoms with E-state index >= 15 is 0 Å². The van der Waals surface area contributed by atoms with Crippen molar-refractivity contribution in [3.63, 3.8) is 0 Å². The number of anilines is 1. The summed E-state index contributed by atoms with van der Waals surface area (Å²) in [7, 11) is 0. The highest BCUT2D eigenvalue weighted by molar-refractivity contribution is 14.1. The van der Waals surface area contributed by atoms with Gasteiger partial charge in [-0.15, -0.1) is 0 Å². The molecule has 0 saturated heterocycles. The molecule has 0 aliphatic rings. The van der Waals surface area contributed by atoms with Gasteiger partial charge in [-0.2, -0.15) is 0 Å². The predicted molar refractivity (Wildman–Crippen MR) is 85.6 cm³/mol. The number of hydrogen-bond acceptors (Lipinski definition) is 1. The Morgan fingerprint density at radius 2 is 2.00 bits per heavy atom. The van der Waals surface area contributed by atoms with E-state index in [1.54, 1.807) is 0 Å². The molecular weight excluding hydrogens is 412 g/mol. The van der Waals surface area contributed by atoms with E-state index in [0.717, 1.165) is 27.3 Å². The maximum absolute atomic E-state index is 5.97. The maximum Gasteiger partial charge on any atom is 0.0412 e. The first-order valence-corrected chi connectivity index (χ1v) is 7.33. The fraction of sp³-hybridized carbons (Fsp3) is 0.0769. The summed E-state index contributed by atoms with van der Waals surface area (Å²) in [6, 6.07) is 14.1. The van der Waals surface area contributed by atoms with E-state index in [2.05, 4.69) is 62.0 Å². The van der Waals surface area contributed by atoms with Gasteiger partial charge in [0.1, 0.15) is 0 Å². The standard InChI is InChI=1S/C13H10BrClIN/c14-13-5-4-10(15)6-9(13)8-17-12-3-1-2-11(16)7-12/h1-7,17H,8H2. The van der Waals surface area contributed by atoms with E-state index in [4.69, 9.17) is 11.6 Å². The largest absolute Gasteiger partial charge is 0.381 e. The minimum Gasteiger partial charge on any atom is -0.381 e. The molecule has 17 heavy (non-hydrogen) atoms. The molecule has 0 radical (unpaired) electrons. The van der Waals surface area contributed by atoms with E-state index in [9.17, 15) is 0 Å². The van der Waals surface area contributed by atoms with Crippen molar-refractivity contribution in [3.8, 4) is 0 Å². The third kappa shape index (κ3) is 3.86. The van der Waals surface area contributed by atoms with Gasteiger partial charge in [0.2, 0.25) is 0 Å². The van der Waals surface area contributed by atoms with Crippen LogP contribution in [-0.4, -0.2) is 0 Å². The summed E-state index contributed by atoms with van der Waals surface area (Å²) < 4.78 is 2.29. The Balaban J connectivity index is 2.09. The quantitative estimate of drug-likeness (QED) is 0.661. The second kappa shape index (κ2) is 6.07. The average molecular weight is 422 g/mol. The van der Waals surface area contributed by atoms with Gasteiger partial charge < -0.3 is 5.32 Å². The highest BCUT2D eigenvalue weighted by Gasteiger charge is 2.01. The molecule has 88 valence electrons. The molecule has 4 heteroatoms. The van der Waals surface area contributed by atoms with Crippen molar-refractivity contribution >= 4 is 55.8 Å². The number of rotatable bonds is 3. The summed E-state index contributed by atoms with van der Waals surface area (Å²) in [6.07, 6.45) is 0. The molecule has 2 aromatic carbocycles. The summed E-state index contributed by atoms with van der Waals surface area (Å²) in [5, 5.41) is 4.13. The molecule has 0 atom stereocenters. The molecule has 0 amide bonds. The molecular formula is C13H10BrClIN. The minimum atomic E-state index is 0.751. The molecule has 0 bridgehead atoms. The van der Waals surface area contributed by atoms with Crippen LogP contribution >= 0.6 is 50.1 Å². The second-order valence-electron chi connectivity index (χ2n) is 3.60. The summed E-state index contributed by atoms with van der Waals surface area (Å²) >= 11 is 11.8. The van der Waals surface area contributed by atoms with Crippen LogP contribution in [0.15, 0.2) is 46.9 Å². The van der Waals surface area contributed by atoms with Crippen molar-refractivity contribution in [2.45, 2.75) is 6.54 Å². The first-order valence-electron chi connectivity index (χ1n) is 5.08. The molecule has 0 aromatic heterocycles. The van der Waals surface area contributed by atoms with Crippen molar-refractivity contribution in [1.29, 1.82) is 0 Å². The topological polar surface area (TPSA) is 12.0 Å². The second-order valence-corrected chi connectivity index (χ2v) is 6.14. The summed E-state index contributed by atoms with van der Waals surface area (Å²) in [4.78, 5) is 0. The van der Waals surface area contributed by atoms with Gasteiger partial charge in [0.15, 0.2) is 0 Å². The van der Waals surface area contributed by atoms with Crippen LogP contribution in [0.1, 0.15) is 5.56 Å². The van der Waals surface area contributed by atoms with Crippen molar-refractivity contribution in [1.82, 2.24) is 0 Å². The normalized spacial score (nSPS) is 10.3. The van der Waals surface area contributed by atoms with Crippen molar-refractivity contribution < 1.29 is 0 Å². The van der Waals surface area contributed by atoms with Crippen LogP contribution < -0.4 is 5.32 Å². The van der Waals surface area contributed by atoms with E-state index in [1.807, 2.05) is 24.3 Å². The van der Waals surface area contributed by atoms with Crippen LogP contribution in [0.4, 0.5) is 5.69 Å². The van der Waals surface area contributed by atoms with Crippen molar-refractivity contribution in [2.24, 2.45) is 0 Å². The third-order valence-corrected chi connectivity index (χ3v) is 4.00. The average Bonchev–Trinajstić information content (AvgIpc) is 2.30. The molecule has 0 fully saturated rings. The number of halogens is 3. The lowest BCUT2D eigenvalue weighted by molar-refractivity contribution is 1.14. The molecule has 2 aromatic rings. The fourth-order valence-electron chi connectivity index (χ4n) is 1.47. The van der Waals surface area contributed by atoms with Crippen LogP contribution in [0.2, 0.25) is 5.02 Å². The van der Waals surface area contributed by atoms with Crippen molar-refractivity contribution in [3.05, 3.63) is 61.1 Å². The molecule has 1 nitrogen and oxygen atoms in total. The highest BCUT2D eigenvalue weighted by atomic mass is 127. The lowest BCUT2D eigenvalue weighted by atomic mass is 10.2. The van der Waals surface area contributed by atoms with Crippen LogP contribution in [0.25, 0.3) is 0 Å². The number of hydrogen-bond donors (Lipinski definition) is 1. The Bertz CT molecular complexity index is 531. The van der Waals surface area contributed by atoms with Gasteiger partial charge in [-0.25, -0.2) is 0 Å². The van der Waals surface area contributed by atoms with E-state index in [1.165, 1.54) is 3.57 Å². The zero-order valence-electron chi connectivity index (χ0n) is 8.88. The predicted octanol–water partition coefficient (Wildman–Crippen LogP) is 5.32. The van der Waals surface area contributed by atoms with Crippen LogP contribution in [-0.2, 0) is 6.54 Å². The zero-order valence-corrected chi connectivity index (χ0v) is 13.4. The Morgan fingerprint density at radius 1 is 1.18 bits per heavy atom. The first-order chi connectivity index (χ1) is 8.15. The lowest BCUT2D eigenvalue weighted by Crippen LogP contribution is -2.00. The fourth-order valence-corrected chi connectivity index (χ4v) is 2.60. The van der Waals surface area contributed by atoms with E-state index in [-0.39, 0.29) is 0 Å². The summed E-state index contributed by atoms with van der Waals surface area (Å²) in [6.45, 7) is 0.751. The molecule has 0 saturated carbocycles. The molecule has 0 aliphatic carbocycles.